The third-order valence-electron chi connectivity index (χ3n) is 4.27. The van der Waals surface area contributed by atoms with Gasteiger partial charge in [0, 0.05) is 18.1 Å². The SMILES string of the molecule is CCc1cccc2c(C=O)cc(OCc3ccccc3)c(OCOC)c12. The van der Waals surface area contributed by atoms with Crippen LogP contribution in [0.1, 0.15) is 28.4 Å². The van der Waals surface area contributed by atoms with E-state index in [2.05, 4.69) is 6.92 Å². The van der Waals surface area contributed by atoms with Crippen LogP contribution >= 0.6 is 0 Å². The van der Waals surface area contributed by atoms with Crippen LogP contribution in [0.4, 0.5) is 0 Å². The lowest BCUT2D eigenvalue weighted by molar-refractivity contribution is 0.0495. The Labute approximate surface area is 153 Å². The number of benzene rings is 3. The van der Waals surface area contributed by atoms with E-state index < -0.39 is 0 Å². The lowest BCUT2D eigenvalue weighted by atomic mass is 9.97. The lowest BCUT2D eigenvalue weighted by Crippen LogP contribution is -2.05. The summed E-state index contributed by atoms with van der Waals surface area (Å²) in [6.07, 6.45) is 1.68. The van der Waals surface area contributed by atoms with Gasteiger partial charge in [-0.05, 0) is 29.0 Å². The van der Waals surface area contributed by atoms with E-state index in [4.69, 9.17) is 14.2 Å². The molecule has 3 aromatic rings. The highest BCUT2D eigenvalue weighted by Crippen LogP contribution is 2.40. The second-order valence-corrected chi connectivity index (χ2v) is 5.93. The molecule has 0 spiro atoms. The van der Waals surface area contributed by atoms with Crippen LogP contribution in [0.15, 0.2) is 54.6 Å². The molecule has 0 N–H and O–H groups in total. The maximum atomic E-state index is 11.7. The van der Waals surface area contributed by atoms with Gasteiger partial charge in [-0.25, -0.2) is 0 Å². The topological polar surface area (TPSA) is 44.8 Å². The summed E-state index contributed by atoms with van der Waals surface area (Å²) >= 11 is 0. The van der Waals surface area contributed by atoms with Gasteiger partial charge in [-0.1, -0.05) is 55.5 Å². The molecule has 3 rings (SSSR count). The van der Waals surface area contributed by atoms with Crippen LogP contribution in [0.2, 0.25) is 0 Å². The largest absolute Gasteiger partial charge is 0.485 e. The van der Waals surface area contributed by atoms with Crippen molar-refractivity contribution in [3.63, 3.8) is 0 Å². The van der Waals surface area contributed by atoms with Gasteiger partial charge in [-0.3, -0.25) is 4.79 Å². The van der Waals surface area contributed by atoms with Crippen molar-refractivity contribution in [1.29, 1.82) is 0 Å². The number of carbonyl (C=O) groups is 1. The van der Waals surface area contributed by atoms with Crippen molar-refractivity contribution in [3.8, 4) is 11.5 Å². The van der Waals surface area contributed by atoms with Crippen LogP contribution in [-0.4, -0.2) is 20.2 Å². The lowest BCUT2D eigenvalue weighted by Gasteiger charge is -2.18. The van der Waals surface area contributed by atoms with Crippen LogP contribution in [-0.2, 0) is 17.8 Å². The molecule has 0 bridgehead atoms. The van der Waals surface area contributed by atoms with E-state index in [1.165, 1.54) is 0 Å². The minimum Gasteiger partial charge on any atom is -0.485 e. The van der Waals surface area contributed by atoms with Gasteiger partial charge >= 0.3 is 0 Å². The zero-order valence-electron chi connectivity index (χ0n) is 15.0. The average Bonchev–Trinajstić information content (AvgIpc) is 2.70. The summed E-state index contributed by atoms with van der Waals surface area (Å²) < 4.78 is 17.0. The zero-order valence-corrected chi connectivity index (χ0v) is 15.0. The van der Waals surface area contributed by atoms with Gasteiger partial charge < -0.3 is 14.2 Å². The van der Waals surface area contributed by atoms with Crippen LogP contribution in [0, 0.1) is 0 Å². The molecule has 4 heteroatoms. The van der Waals surface area contributed by atoms with E-state index in [0.717, 1.165) is 34.6 Å². The Morgan fingerprint density at radius 3 is 2.50 bits per heavy atom. The summed E-state index contributed by atoms with van der Waals surface area (Å²) in [7, 11) is 1.58. The van der Waals surface area contributed by atoms with Gasteiger partial charge in [0.15, 0.2) is 24.6 Å². The van der Waals surface area contributed by atoms with Gasteiger partial charge in [0.05, 0.1) is 0 Å². The first-order chi connectivity index (χ1) is 12.8. The number of rotatable bonds is 8. The molecule has 3 aromatic carbocycles. The predicted octanol–water partition coefficient (Wildman–Crippen LogP) is 4.78. The number of carbonyl (C=O) groups excluding carboxylic acids is 1. The fourth-order valence-electron chi connectivity index (χ4n) is 3.01. The second kappa shape index (κ2) is 8.50. The molecule has 0 atom stereocenters. The van der Waals surface area contributed by atoms with Crippen molar-refractivity contribution >= 4 is 17.1 Å². The normalized spacial score (nSPS) is 10.7. The summed E-state index contributed by atoms with van der Waals surface area (Å²) in [6.45, 7) is 2.57. The molecule has 0 heterocycles. The molecule has 0 aliphatic rings. The van der Waals surface area contributed by atoms with E-state index in [9.17, 15) is 4.79 Å². The van der Waals surface area contributed by atoms with E-state index >= 15 is 0 Å². The van der Waals surface area contributed by atoms with E-state index in [-0.39, 0.29) is 6.79 Å². The van der Waals surface area contributed by atoms with Crippen LogP contribution in [0.3, 0.4) is 0 Å². The number of hydrogen-bond donors (Lipinski definition) is 0. The van der Waals surface area contributed by atoms with Crippen molar-refractivity contribution in [3.05, 3.63) is 71.3 Å². The Morgan fingerprint density at radius 2 is 1.81 bits per heavy atom. The standard InChI is InChI=1S/C22H22O4/c1-3-17-10-7-11-19-18(13-23)12-20(22(21(17)19)26-15-24-2)25-14-16-8-5-4-6-9-16/h4-13H,3,14-15H2,1-2H3. The molecule has 0 saturated heterocycles. The highest BCUT2D eigenvalue weighted by molar-refractivity contribution is 6.04. The molecule has 0 unspecified atom stereocenters. The Kier molecular flexibility index (Phi) is 5.87. The molecule has 0 aliphatic carbocycles. The zero-order chi connectivity index (χ0) is 18.4. The molecular weight excluding hydrogens is 328 g/mol. The van der Waals surface area contributed by atoms with Crippen molar-refractivity contribution in [2.75, 3.05) is 13.9 Å². The smallest absolute Gasteiger partial charge is 0.188 e. The van der Waals surface area contributed by atoms with Gasteiger partial charge in [0.25, 0.3) is 0 Å². The number of aldehydes is 1. The van der Waals surface area contributed by atoms with Gasteiger partial charge in [-0.2, -0.15) is 0 Å². The van der Waals surface area contributed by atoms with Gasteiger partial charge in [0.1, 0.15) is 6.61 Å². The summed E-state index contributed by atoms with van der Waals surface area (Å²) in [6, 6.07) is 17.5. The quantitative estimate of drug-likeness (QED) is 0.433. The molecule has 4 nitrogen and oxygen atoms in total. The number of aryl methyl sites for hydroxylation is 1. The Balaban J connectivity index is 2.11. The number of ether oxygens (including phenoxy) is 3. The molecule has 0 radical (unpaired) electrons. The third-order valence-corrected chi connectivity index (χ3v) is 4.27. The minimum absolute atomic E-state index is 0.106. The minimum atomic E-state index is 0.106. The molecule has 0 aromatic heterocycles. The first kappa shape index (κ1) is 18.0. The van der Waals surface area contributed by atoms with Crippen molar-refractivity contribution in [2.24, 2.45) is 0 Å². The predicted molar refractivity (Wildman–Crippen MR) is 102 cm³/mol. The first-order valence-corrected chi connectivity index (χ1v) is 8.60. The monoisotopic (exact) mass is 350 g/mol. The molecule has 0 fully saturated rings. The molecule has 134 valence electrons. The number of hydrogen-bond acceptors (Lipinski definition) is 4. The van der Waals surface area contributed by atoms with Crippen LogP contribution in [0.5, 0.6) is 11.5 Å². The summed E-state index contributed by atoms with van der Waals surface area (Å²) in [4.78, 5) is 11.7. The Hall–Kier alpha value is -2.85. The molecule has 0 saturated carbocycles. The second-order valence-electron chi connectivity index (χ2n) is 5.93. The Bertz CT molecular complexity index is 888. The maximum absolute atomic E-state index is 11.7. The number of methoxy groups -OCH3 is 1. The molecule has 0 amide bonds. The summed E-state index contributed by atoms with van der Waals surface area (Å²) in [5.74, 6) is 1.15. The molecule has 26 heavy (non-hydrogen) atoms. The molecular formula is C22H22O4. The van der Waals surface area contributed by atoms with Crippen molar-refractivity contribution in [2.45, 2.75) is 20.0 Å². The van der Waals surface area contributed by atoms with Gasteiger partial charge in [0.2, 0.25) is 0 Å². The maximum Gasteiger partial charge on any atom is 0.188 e. The fourth-order valence-corrected chi connectivity index (χ4v) is 3.01. The summed E-state index contributed by atoms with van der Waals surface area (Å²) in [5, 5.41) is 1.76. The first-order valence-electron chi connectivity index (χ1n) is 8.60. The fraction of sp³-hybridized carbons (Fsp3) is 0.227. The average molecular weight is 350 g/mol. The highest BCUT2D eigenvalue weighted by atomic mass is 16.7. The van der Waals surface area contributed by atoms with Gasteiger partial charge in [-0.15, -0.1) is 0 Å². The van der Waals surface area contributed by atoms with E-state index in [1.54, 1.807) is 13.2 Å². The van der Waals surface area contributed by atoms with E-state index in [0.29, 0.717) is 23.7 Å². The van der Waals surface area contributed by atoms with Crippen molar-refractivity contribution < 1.29 is 19.0 Å². The van der Waals surface area contributed by atoms with Crippen LogP contribution < -0.4 is 9.47 Å². The van der Waals surface area contributed by atoms with Crippen LogP contribution in [0.25, 0.3) is 10.8 Å². The Morgan fingerprint density at radius 1 is 1.00 bits per heavy atom. The summed E-state index contributed by atoms with van der Waals surface area (Å²) in [5.41, 5.74) is 2.73. The third kappa shape index (κ3) is 3.70. The number of fused-ring (bicyclic) bond motifs is 1. The van der Waals surface area contributed by atoms with Crippen molar-refractivity contribution in [1.82, 2.24) is 0 Å². The van der Waals surface area contributed by atoms with E-state index in [1.807, 2.05) is 48.5 Å². The molecule has 0 aliphatic heterocycles. The highest BCUT2D eigenvalue weighted by Gasteiger charge is 2.17.